The van der Waals surface area contributed by atoms with E-state index >= 15 is 0 Å². The highest BCUT2D eigenvalue weighted by Gasteiger charge is 2.30. The largest absolute Gasteiger partial charge is 0.465 e. The summed E-state index contributed by atoms with van der Waals surface area (Å²) in [5.41, 5.74) is 0.244. The Kier molecular flexibility index (Phi) is 7.47. The van der Waals surface area contributed by atoms with Gasteiger partial charge in [0, 0.05) is 5.56 Å². The van der Waals surface area contributed by atoms with Crippen molar-refractivity contribution in [3.05, 3.63) is 35.4 Å². The molecule has 0 saturated heterocycles. The molecule has 5 nitrogen and oxygen atoms in total. The van der Waals surface area contributed by atoms with E-state index < -0.39 is 23.5 Å². The Morgan fingerprint density at radius 3 is 2.17 bits per heavy atom. The van der Waals surface area contributed by atoms with Crippen molar-refractivity contribution in [2.45, 2.75) is 39.7 Å². The zero-order valence-electron chi connectivity index (χ0n) is 14.6. The van der Waals surface area contributed by atoms with Gasteiger partial charge in [0.15, 0.2) is 5.92 Å². The molecule has 1 aromatic rings. The summed E-state index contributed by atoms with van der Waals surface area (Å²) < 4.78 is 9.96. The molecular formula is C19H24O5. The first-order valence-electron chi connectivity index (χ1n) is 7.95. The molecule has 0 unspecified atom stereocenters. The summed E-state index contributed by atoms with van der Waals surface area (Å²) in [6.45, 7) is 6.92. The first kappa shape index (κ1) is 19.7. The molecule has 0 heterocycles. The molecule has 130 valence electrons. The van der Waals surface area contributed by atoms with Gasteiger partial charge in [-0.3, -0.25) is 9.59 Å². The number of hydrogen-bond donors (Lipinski definition) is 1. The lowest BCUT2D eigenvalue weighted by atomic mass is 9.95. The molecule has 0 bridgehead atoms. The van der Waals surface area contributed by atoms with Gasteiger partial charge >= 0.3 is 11.9 Å². The van der Waals surface area contributed by atoms with Gasteiger partial charge in [0.25, 0.3) is 0 Å². The molecule has 0 amide bonds. The highest BCUT2D eigenvalue weighted by Crippen LogP contribution is 2.17. The summed E-state index contributed by atoms with van der Waals surface area (Å²) in [6.07, 6.45) is 0.133. The maximum Gasteiger partial charge on any atom is 0.320 e. The summed E-state index contributed by atoms with van der Waals surface area (Å²) in [6, 6.07) is 7.18. The fourth-order valence-corrected chi connectivity index (χ4v) is 2.01. The van der Waals surface area contributed by atoms with Crippen molar-refractivity contribution in [3.63, 3.8) is 0 Å². The Hall–Kier alpha value is -2.32. The van der Waals surface area contributed by atoms with E-state index in [4.69, 9.17) is 9.47 Å². The zero-order valence-corrected chi connectivity index (χ0v) is 14.6. The van der Waals surface area contributed by atoms with Crippen LogP contribution in [-0.2, 0) is 25.5 Å². The number of rotatable bonds is 6. The van der Waals surface area contributed by atoms with Gasteiger partial charge in [0.2, 0.25) is 0 Å². The summed E-state index contributed by atoms with van der Waals surface area (Å²) in [5.74, 6) is 3.38. The maximum absolute atomic E-state index is 12.1. The molecule has 0 radical (unpaired) electrons. The van der Waals surface area contributed by atoms with Crippen LogP contribution in [0.1, 0.15) is 38.8 Å². The molecule has 0 aromatic heterocycles. The lowest BCUT2D eigenvalue weighted by Crippen LogP contribution is -2.30. The molecule has 0 spiro atoms. The average molecular weight is 332 g/mol. The van der Waals surface area contributed by atoms with Crippen molar-refractivity contribution in [3.8, 4) is 11.8 Å². The lowest BCUT2D eigenvalue weighted by molar-refractivity contribution is -0.161. The number of ether oxygens (including phenoxy) is 2. The third-order valence-electron chi connectivity index (χ3n) is 3.09. The topological polar surface area (TPSA) is 72.8 Å². The third-order valence-corrected chi connectivity index (χ3v) is 3.09. The Bertz CT molecular complexity index is 613. The van der Waals surface area contributed by atoms with Crippen molar-refractivity contribution >= 4 is 11.9 Å². The summed E-state index contributed by atoms with van der Waals surface area (Å²) in [7, 11) is 0. The normalized spacial score (nSPS) is 10.8. The van der Waals surface area contributed by atoms with Gasteiger partial charge in [0.05, 0.1) is 13.2 Å². The number of carbonyl (C=O) groups excluding carboxylic acids is 2. The number of hydrogen-bond acceptors (Lipinski definition) is 5. The molecule has 1 N–H and O–H groups in total. The zero-order chi connectivity index (χ0) is 18.2. The molecule has 1 aromatic carbocycles. The number of esters is 2. The Morgan fingerprint density at radius 2 is 1.67 bits per heavy atom. The van der Waals surface area contributed by atoms with Crippen LogP contribution in [0.25, 0.3) is 0 Å². The van der Waals surface area contributed by atoms with E-state index in [1.807, 2.05) is 6.07 Å². The monoisotopic (exact) mass is 332 g/mol. The van der Waals surface area contributed by atoms with Crippen LogP contribution < -0.4 is 0 Å². The van der Waals surface area contributed by atoms with Crippen LogP contribution in [0.3, 0.4) is 0 Å². The first-order chi connectivity index (χ1) is 11.3. The van der Waals surface area contributed by atoms with Crippen molar-refractivity contribution < 1.29 is 24.2 Å². The Balaban J connectivity index is 3.11. The van der Waals surface area contributed by atoms with E-state index in [0.717, 1.165) is 5.56 Å². The molecule has 1 rings (SSSR count). The predicted octanol–water partition coefficient (Wildman–Crippen LogP) is 2.09. The van der Waals surface area contributed by atoms with Crippen LogP contribution in [-0.4, -0.2) is 35.9 Å². The van der Waals surface area contributed by atoms with Crippen LogP contribution in [0.2, 0.25) is 0 Å². The standard InChI is InChI=1S/C19H24O5/c1-5-23-17(20)16(18(21)24-6-2)13-15-10-8-7-9-14(15)11-12-19(3,4)22/h7-10,16,22H,5-6,13H2,1-4H3. The lowest BCUT2D eigenvalue weighted by Gasteiger charge is -2.15. The number of benzene rings is 1. The maximum atomic E-state index is 12.1. The molecular weight excluding hydrogens is 308 g/mol. The summed E-state index contributed by atoms with van der Waals surface area (Å²) in [5, 5.41) is 9.75. The minimum Gasteiger partial charge on any atom is -0.465 e. The van der Waals surface area contributed by atoms with Gasteiger partial charge in [0.1, 0.15) is 5.60 Å². The summed E-state index contributed by atoms with van der Waals surface area (Å²) in [4.78, 5) is 24.2. The minimum absolute atomic E-state index is 0.133. The second kappa shape index (κ2) is 9.09. The average Bonchev–Trinajstić information content (AvgIpc) is 2.51. The molecule has 0 fully saturated rings. The fraction of sp³-hybridized carbons (Fsp3) is 0.474. The van der Waals surface area contributed by atoms with Crippen molar-refractivity contribution in [1.82, 2.24) is 0 Å². The van der Waals surface area contributed by atoms with Crippen LogP contribution in [0.15, 0.2) is 24.3 Å². The van der Waals surface area contributed by atoms with E-state index in [0.29, 0.717) is 5.56 Å². The van der Waals surface area contributed by atoms with Crippen LogP contribution >= 0.6 is 0 Å². The second-order valence-corrected chi connectivity index (χ2v) is 5.73. The third kappa shape index (κ3) is 6.43. The first-order valence-corrected chi connectivity index (χ1v) is 7.95. The van der Waals surface area contributed by atoms with Crippen LogP contribution in [0.4, 0.5) is 0 Å². The van der Waals surface area contributed by atoms with E-state index in [-0.39, 0.29) is 19.6 Å². The molecule has 5 heteroatoms. The predicted molar refractivity (Wildman–Crippen MR) is 90.1 cm³/mol. The van der Waals surface area contributed by atoms with Gasteiger partial charge in [-0.05, 0) is 45.7 Å². The smallest absolute Gasteiger partial charge is 0.320 e. The fourth-order valence-electron chi connectivity index (χ4n) is 2.01. The number of carbonyl (C=O) groups is 2. The van der Waals surface area contributed by atoms with Crippen molar-refractivity contribution in [1.29, 1.82) is 0 Å². The van der Waals surface area contributed by atoms with Crippen LogP contribution in [0, 0.1) is 17.8 Å². The quantitative estimate of drug-likeness (QED) is 0.491. The Labute approximate surface area is 143 Å². The van der Waals surface area contributed by atoms with Gasteiger partial charge in [-0.2, -0.15) is 0 Å². The van der Waals surface area contributed by atoms with Crippen molar-refractivity contribution in [2.24, 2.45) is 5.92 Å². The molecule has 0 atom stereocenters. The van der Waals surface area contributed by atoms with E-state index in [1.54, 1.807) is 45.9 Å². The Morgan fingerprint density at radius 1 is 1.12 bits per heavy atom. The molecule has 0 saturated carbocycles. The highest BCUT2D eigenvalue weighted by molar-refractivity contribution is 5.95. The summed E-state index contributed by atoms with van der Waals surface area (Å²) >= 11 is 0. The minimum atomic E-state index is -1.13. The van der Waals surface area contributed by atoms with E-state index in [9.17, 15) is 14.7 Å². The molecule has 0 aliphatic carbocycles. The van der Waals surface area contributed by atoms with Gasteiger partial charge < -0.3 is 14.6 Å². The molecule has 0 aliphatic rings. The van der Waals surface area contributed by atoms with Gasteiger partial charge in [-0.25, -0.2) is 0 Å². The number of aliphatic hydroxyl groups is 1. The van der Waals surface area contributed by atoms with Crippen LogP contribution in [0.5, 0.6) is 0 Å². The van der Waals surface area contributed by atoms with Gasteiger partial charge in [-0.1, -0.05) is 30.0 Å². The molecule has 24 heavy (non-hydrogen) atoms. The second-order valence-electron chi connectivity index (χ2n) is 5.73. The highest BCUT2D eigenvalue weighted by atomic mass is 16.6. The van der Waals surface area contributed by atoms with Crippen molar-refractivity contribution in [2.75, 3.05) is 13.2 Å². The molecule has 0 aliphatic heterocycles. The van der Waals surface area contributed by atoms with E-state index in [1.165, 1.54) is 0 Å². The SMILES string of the molecule is CCOC(=O)C(Cc1ccccc1C#CC(C)(C)O)C(=O)OCC. The van der Waals surface area contributed by atoms with E-state index in [2.05, 4.69) is 11.8 Å². The van der Waals surface area contributed by atoms with Gasteiger partial charge in [-0.15, -0.1) is 0 Å².